The molecule has 7 nitrogen and oxygen atoms in total. The molecule has 0 N–H and O–H groups in total. The minimum absolute atomic E-state index is 0.134. The maximum Gasteiger partial charge on any atom is 0.336 e. The van der Waals surface area contributed by atoms with Gasteiger partial charge < -0.3 is 9.15 Å². The van der Waals surface area contributed by atoms with Gasteiger partial charge in [0.05, 0.1) is 11.8 Å². The molecule has 1 aliphatic carbocycles. The van der Waals surface area contributed by atoms with E-state index in [4.69, 9.17) is 9.15 Å². The monoisotopic (exact) mass is 425 g/mol. The van der Waals surface area contributed by atoms with E-state index in [1.807, 2.05) is 19.1 Å². The zero-order valence-corrected chi connectivity index (χ0v) is 18.1. The van der Waals surface area contributed by atoms with Crippen LogP contribution in [-0.2, 0) is 25.7 Å². The summed E-state index contributed by atoms with van der Waals surface area (Å²) in [5.74, 6) is -1.52. The number of hydrogen-bond acceptors (Lipinski definition) is 6. The van der Waals surface area contributed by atoms with Crippen LogP contribution in [0.2, 0.25) is 0 Å². The highest BCUT2D eigenvalue weighted by Gasteiger charge is 2.48. The summed E-state index contributed by atoms with van der Waals surface area (Å²) in [5.41, 5.74) is 2.59. The van der Waals surface area contributed by atoms with Crippen LogP contribution in [0.15, 0.2) is 27.4 Å². The second-order valence-corrected chi connectivity index (χ2v) is 8.87. The van der Waals surface area contributed by atoms with Gasteiger partial charge in [-0.3, -0.25) is 19.3 Å². The molecule has 2 aliphatic rings. The number of likely N-dealkylation sites (tertiary alicyclic amines) is 1. The van der Waals surface area contributed by atoms with Gasteiger partial charge in [0.15, 0.2) is 0 Å². The van der Waals surface area contributed by atoms with E-state index in [1.165, 1.54) is 6.07 Å². The summed E-state index contributed by atoms with van der Waals surface area (Å²) in [7, 11) is 0. The predicted molar refractivity (Wildman–Crippen MR) is 113 cm³/mol. The fourth-order valence-corrected chi connectivity index (χ4v) is 4.85. The molecule has 2 amide bonds. The van der Waals surface area contributed by atoms with Gasteiger partial charge in [-0.2, -0.15) is 0 Å². The molecule has 0 bridgehead atoms. The van der Waals surface area contributed by atoms with Crippen molar-refractivity contribution in [3.8, 4) is 0 Å². The quantitative estimate of drug-likeness (QED) is 0.414. The van der Waals surface area contributed by atoms with Gasteiger partial charge >= 0.3 is 11.6 Å². The second kappa shape index (κ2) is 8.29. The summed E-state index contributed by atoms with van der Waals surface area (Å²) < 4.78 is 10.7. The molecule has 7 heteroatoms. The van der Waals surface area contributed by atoms with E-state index in [-0.39, 0.29) is 42.7 Å². The van der Waals surface area contributed by atoms with Crippen molar-refractivity contribution in [2.24, 2.45) is 11.8 Å². The Balaban J connectivity index is 1.50. The number of fused-ring (bicyclic) bond motifs is 2. The number of benzene rings is 1. The molecule has 31 heavy (non-hydrogen) atoms. The zero-order chi connectivity index (χ0) is 22.3. The van der Waals surface area contributed by atoms with E-state index in [9.17, 15) is 19.2 Å². The summed E-state index contributed by atoms with van der Waals surface area (Å²) >= 11 is 0. The SMILES string of the molecule is Cc1cc2oc(=O)cc(COC(=O)CN3C(=O)[C@@H]4CCCC[C@H]4C3=O)c2cc1C(C)C. The molecule has 2 atom stereocenters. The molecular weight excluding hydrogens is 398 g/mol. The molecule has 1 saturated heterocycles. The van der Waals surface area contributed by atoms with Crippen LogP contribution >= 0.6 is 0 Å². The molecule has 0 spiro atoms. The van der Waals surface area contributed by atoms with Crippen molar-refractivity contribution in [3.05, 3.63) is 45.3 Å². The molecule has 1 aliphatic heterocycles. The number of aryl methyl sites for hydroxylation is 1. The molecule has 2 fully saturated rings. The van der Waals surface area contributed by atoms with E-state index < -0.39 is 11.6 Å². The average molecular weight is 425 g/mol. The number of hydrogen-bond donors (Lipinski definition) is 0. The van der Waals surface area contributed by atoms with Crippen LogP contribution in [0.25, 0.3) is 11.0 Å². The number of amides is 2. The van der Waals surface area contributed by atoms with Gasteiger partial charge in [-0.25, -0.2) is 4.79 Å². The van der Waals surface area contributed by atoms with Crippen molar-refractivity contribution >= 4 is 28.8 Å². The van der Waals surface area contributed by atoms with Crippen LogP contribution in [-0.4, -0.2) is 29.2 Å². The predicted octanol–water partition coefficient (Wildman–Crippen LogP) is 3.44. The first-order chi connectivity index (χ1) is 14.8. The molecule has 4 rings (SSSR count). The van der Waals surface area contributed by atoms with Gasteiger partial charge in [0.2, 0.25) is 11.8 Å². The molecule has 2 heterocycles. The van der Waals surface area contributed by atoms with E-state index in [0.717, 1.165) is 28.9 Å². The lowest BCUT2D eigenvalue weighted by molar-refractivity contribution is -0.153. The lowest BCUT2D eigenvalue weighted by atomic mass is 9.81. The van der Waals surface area contributed by atoms with Gasteiger partial charge in [-0.05, 0) is 48.9 Å². The molecule has 0 radical (unpaired) electrons. The Kier molecular flexibility index (Phi) is 5.69. The van der Waals surface area contributed by atoms with Crippen molar-refractivity contribution < 1.29 is 23.5 Å². The molecular formula is C24H27NO6. The van der Waals surface area contributed by atoms with Gasteiger partial charge in [0.25, 0.3) is 0 Å². The number of ether oxygens (including phenoxy) is 1. The first kappa shape index (κ1) is 21.3. The van der Waals surface area contributed by atoms with Crippen LogP contribution in [0.4, 0.5) is 0 Å². The van der Waals surface area contributed by atoms with Crippen LogP contribution in [0.1, 0.15) is 62.1 Å². The highest BCUT2D eigenvalue weighted by molar-refractivity contribution is 6.07. The normalized spacial score (nSPS) is 21.1. The van der Waals surface area contributed by atoms with Gasteiger partial charge in [-0.15, -0.1) is 0 Å². The first-order valence-corrected chi connectivity index (χ1v) is 10.8. The topological polar surface area (TPSA) is 93.9 Å². The van der Waals surface area contributed by atoms with Crippen molar-refractivity contribution in [3.63, 3.8) is 0 Å². The minimum atomic E-state index is -0.669. The average Bonchev–Trinajstić information content (AvgIpc) is 2.96. The lowest BCUT2D eigenvalue weighted by Gasteiger charge is -2.19. The summed E-state index contributed by atoms with van der Waals surface area (Å²) in [6, 6.07) is 5.09. The lowest BCUT2D eigenvalue weighted by Crippen LogP contribution is -2.36. The van der Waals surface area contributed by atoms with Crippen LogP contribution in [0.5, 0.6) is 0 Å². The van der Waals surface area contributed by atoms with Gasteiger partial charge in [-0.1, -0.05) is 26.7 Å². The summed E-state index contributed by atoms with van der Waals surface area (Å²) in [6.07, 6.45) is 3.26. The Hall–Kier alpha value is -2.96. The van der Waals surface area contributed by atoms with Crippen molar-refractivity contribution in [2.45, 2.75) is 59.0 Å². The number of carbonyl (C=O) groups excluding carboxylic acids is 3. The number of imide groups is 1. The van der Waals surface area contributed by atoms with Crippen molar-refractivity contribution in [2.75, 3.05) is 6.54 Å². The number of carbonyl (C=O) groups is 3. The van der Waals surface area contributed by atoms with E-state index in [1.54, 1.807) is 0 Å². The minimum Gasteiger partial charge on any atom is -0.459 e. The number of esters is 1. The van der Waals surface area contributed by atoms with E-state index >= 15 is 0 Å². The fraction of sp³-hybridized carbons (Fsp3) is 0.500. The Morgan fingerprint density at radius 3 is 2.35 bits per heavy atom. The highest BCUT2D eigenvalue weighted by atomic mass is 16.5. The Morgan fingerprint density at radius 1 is 1.10 bits per heavy atom. The van der Waals surface area contributed by atoms with Crippen LogP contribution in [0.3, 0.4) is 0 Å². The molecule has 1 saturated carbocycles. The molecule has 2 aromatic rings. The van der Waals surface area contributed by atoms with Crippen LogP contribution in [0, 0.1) is 18.8 Å². The van der Waals surface area contributed by atoms with Crippen molar-refractivity contribution in [1.29, 1.82) is 0 Å². The van der Waals surface area contributed by atoms with Crippen LogP contribution < -0.4 is 5.63 Å². The zero-order valence-electron chi connectivity index (χ0n) is 18.1. The Morgan fingerprint density at radius 2 is 1.74 bits per heavy atom. The Bertz CT molecular complexity index is 1090. The van der Waals surface area contributed by atoms with Gasteiger partial charge in [0, 0.05) is 17.0 Å². The third-order valence-electron chi connectivity index (χ3n) is 6.45. The number of nitrogens with zero attached hydrogens (tertiary/aromatic N) is 1. The Labute approximate surface area is 180 Å². The van der Waals surface area contributed by atoms with Gasteiger partial charge in [0.1, 0.15) is 18.7 Å². The standard InChI is InChI=1S/C24H27NO6/c1-13(2)18-10-19-15(9-21(26)31-20(19)8-14(18)3)12-30-22(27)11-25-23(28)16-6-4-5-7-17(16)24(25)29/h8-10,13,16-17H,4-7,11-12H2,1-3H3/t16-,17-/m1/s1. The second-order valence-electron chi connectivity index (χ2n) is 8.87. The largest absolute Gasteiger partial charge is 0.459 e. The third kappa shape index (κ3) is 4.01. The first-order valence-electron chi connectivity index (χ1n) is 10.8. The summed E-state index contributed by atoms with van der Waals surface area (Å²) in [5, 5.41) is 0.709. The molecule has 0 unspecified atom stereocenters. The molecule has 1 aromatic heterocycles. The fourth-order valence-electron chi connectivity index (χ4n) is 4.85. The van der Waals surface area contributed by atoms with E-state index in [2.05, 4.69) is 13.8 Å². The number of rotatable bonds is 5. The van der Waals surface area contributed by atoms with E-state index in [0.29, 0.717) is 29.4 Å². The van der Waals surface area contributed by atoms with Crippen molar-refractivity contribution in [1.82, 2.24) is 4.90 Å². The summed E-state index contributed by atoms with van der Waals surface area (Å²) in [4.78, 5) is 50.6. The molecule has 164 valence electrons. The maximum absolute atomic E-state index is 12.6. The third-order valence-corrected chi connectivity index (χ3v) is 6.45. The smallest absolute Gasteiger partial charge is 0.336 e. The molecule has 1 aromatic carbocycles. The summed E-state index contributed by atoms with van der Waals surface area (Å²) in [6.45, 7) is 5.59. The maximum atomic E-state index is 12.6. The highest BCUT2D eigenvalue weighted by Crippen LogP contribution is 2.38.